The van der Waals surface area contributed by atoms with E-state index in [9.17, 15) is 14.4 Å². The van der Waals surface area contributed by atoms with E-state index in [0.717, 1.165) is 47.8 Å². The lowest BCUT2D eigenvalue weighted by Crippen LogP contribution is -2.33. The Bertz CT molecular complexity index is 1680. The number of nitrogens with one attached hydrogen (secondary N) is 1. The number of amides is 1. The lowest BCUT2D eigenvalue weighted by atomic mass is 9.68. The molecule has 0 radical (unpaired) electrons. The van der Waals surface area contributed by atoms with Crippen LogP contribution in [0.15, 0.2) is 59.4 Å². The standard InChI is InChI=1S/C33H38N4O4/c1-7-33(4,5)22-17-18-27-25(19-22)28(24-15-11-12-16-26(24)34-27)32(40)41-21(3)30(38)35-29-20(2)36(6)37(31(29)39)23-13-9-8-10-14-23/h8-16,21-22H,7,17-19H2,1-6H3,(H,35,38)/t21-,22-/m1/s1. The first-order chi connectivity index (χ1) is 19.5. The number of nitrogens with zero attached hydrogens (tertiary/aromatic N) is 3. The topological polar surface area (TPSA) is 95.2 Å². The predicted molar refractivity (Wildman–Crippen MR) is 161 cm³/mol. The molecular formula is C33H38N4O4. The Labute approximate surface area is 240 Å². The second-order valence-electron chi connectivity index (χ2n) is 11.7. The molecule has 0 aliphatic heterocycles. The van der Waals surface area contributed by atoms with E-state index in [1.165, 1.54) is 11.6 Å². The smallest absolute Gasteiger partial charge is 0.339 e. The number of carbonyl (C=O) groups is 2. The van der Waals surface area contributed by atoms with E-state index in [0.29, 0.717) is 22.9 Å². The number of anilines is 1. The minimum Gasteiger partial charge on any atom is -0.449 e. The summed E-state index contributed by atoms with van der Waals surface area (Å²) < 4.78 is 8.98. The fourth-order valence-corrected chi connectivity index (χ4v) is 5.79. The number of rotatable bonds is 7. The lowest BCUT2D eigenvalue weighted by molar-refractivity contribution is -0.123. The normalized spacial score (nSPS) is 15.8. The molecular weight excluding hydrogens is 516 g/mol. The highest BCUT2D eigenvalue weighted by Crippen LogP contribution is 2.41. The first-order valence-electron chi connectivity index (χ1n) is 14.3. The first kappa shape index (κ1) is 28.3. The van der Waals surface area contributed by atoms with Gasteiger partial charge in [-0.15, -0.1) is 0 Å². The monoisotopic (exact) mass is 554 g/mol. The predicted octanol–water partition coefficient (Wildman–Crippen LogP) is 5.76. The maximum atomic E-state index is 13.8. The molecule has 0 saturated carbocycles. The molecule has 2 heterocycles. The maximum Gasteiger partial charge on any atom is 0.339 e. The van der Waals surface area contributed by atoms with Crippen molar-refractivity contribution in [2.45, 2.75) is 66.4 Å². The van der Waals surface area contributed by atoms with Gasteiger partial charge in [0.15, 0.2) is 6.10 Å². The number of benzene rings is 2. The van der Waals surface area contributed by atoms with E-state index >= 15 is 0 Å². The highest BCUT2D eigenvalue weighted by atomic mass is 16.5. The van der Waals surface area contributed by atoms with Crippen molar-refractivity contribution in [3.05, 3.63) is 87.5 Å². The van der Waals surface area contributed by atoms with Gasteiger partial charge >= 0.3 is 5.97 Å². The summed E-state index contributed by atoms with van der Waals surface area (Å²) in [4.78, 5) is 45.2. The van der Waals surface area contributed by atoms with Gasteiger partial charge in [-0.25, -0.2) is 9.48 Å². The van der Waals surface area contributed by atoms with Gasteiger partial charge in [-0.05, 0) is 68.2 Å². The van der Waals surface area contributed by atoms with Gasteiger partial charge in [-0.2, -0.15) is 0 Å². The second-order valence-corrected chi connectivity index (χ2v) is 11.7. The Hall–Kier alpha value is -4.20. The van der Waals surface area contributed by atoms with Crippen molar-refractivity contribution in [2.24, 2.45) is 18.4 Å². The van der Waals surface area contributed by atoms with Crippen molar-refractivity contribution in [2.75, 3.05) is 5.32 Å². The van der Waals surface area contributed by atoms with Gasteiger partial charge in [0, 0.05) is 18.1 Å². The molecule has 1 amide bonds. The van der Waals surface area contributed by atoms with Gasteiger partial charge in [-0.1, -0.05) is 63.6 Å². The molecule has 0 unspecified atom stereocenters. The van der Waals surface area contributed by atoms with Crippen LogP contribution in [-0.2, 0) is 29.4 Å². The fraction of sp³-hybridized carbons (Fsp3) is 0.394. The summed E-state index contributed by atoms with van der Waals surface area (Å²) in [6.45, 7) is 10.0. The van der Waals surface area contributed by atoms with E-state index in [1.54, 1.807) is 18.7 Å². The Kier molecular flexibility index (Phi) is 7.60. The lowest BCUT2D eigenvalue weighted by Gasteiger charge is -2.37. The maximum absolute atomic E-state index is 13.8. The van der Waals surface area contributed by atoms with Crippen LogP contribution in [0.5, 0.6) is 0 Å². The van der Waals surface area contributed by atoms with Crippen LogP contribution in [0.4, 0.5) is 5.69 Å². The van der Waals surface area contributed by atoms with Crippen LogP contribution in [0.25, 0.3) is 16.6 Å². The molecule has 0 fully saturated rings. The molecule has 2 aromatic carbocycles. The summed E-state index contributed by atoms with van der Waals surface area (Å²) in [6, 6.07) is 16.8. The van der Waals surface area contributed by atoms with Crippen molar-refractivity contribution < 1.29 is 14.3 Å². The quantitative estimate of drug-likeness (QED) is 0.293. The van der Waals surface area contributed by atoms with Crippen molar-refractivity contribution in [3.63, 3.8) is 0 Å². The number of carbonyl (C=O) groups excluding carboxylic acids is 2. The molecule has 41 heavy (non-hydrogen) atoms. The van der Waals surface area contributed by atoms with Crippen LogP contribution in [0.1, 0.15) is 67.8 Å². The Balaban J connectivity index is 1.43. The van der Waals surface area contributed by atoms with E-state index in [-0.39, 0.29) is 16.7 Å². The Morgan fingerprint density at radius 2 is 1.80 bits per heavy atom. The van der Waals surface area contributed by atoms with E-state index in [2.05, 4.69) is 26.1 Å². The highest BCUT2D eigenvalue weighted by Gasteiger charge is 2.35. The summed E-state index contributed by atoms with van der Waals surface area (Å²) >= 11 is 0. The molecule has 0 spiro atoms. The van der Waals surface area contributed by atoms with Gasteiger partial charge in [0.25, 0.3) is 11.5 Å². The van der Waals surface area contributed by atoms with Gasteiger partial charge in [0.1, 0.15) is 5.69 Å². The Morgan fingerprint density at radius 1 is 1.12 bits per heavy atom. The zero-order valence-corrected chi connectivity index (χ0v) is 24.7. The average Bonchev–Trinajstić information content (AvgIpc) is 3.18. The third-order valence-corrected chi connectivity index (χ3v) is 8.94. The number of aryl methyl sites for hydroxylation is 1. The molecule has 8 nitrogen and oxygen atoms in total. The number of fused-ring (bicyclic) bond motifs is 2. The summed E-state index contributed by atoms with van der Waals surface area (Å²) in [7, 11) is 1.76. The number of aromatic nitrogens is 3. The van der Waals surface area contributed by atoms with Gasteiger partial charge in [-0.3, -0.25) is 19.3 Å². The zero-order valence-electron chi connectivity index (χ0n) is 24.7. The van der Waals surface area contributed by atoms with Crippen LogP contribution in [0.2, 0.25) is 0 Å². The number of hydrogen-bond acceptors (Lipinski definition) is 5. The first-order valence-corrected chi connectivity index (χ1v) is 14.3. The van der Waals surface area contributed by atoms with E-state index < -0.39 is 18.0 Å². The Morgan fingerprint density at radius 3 is 2.51 bits per heavy atom. The van der Waals surface area contributed by atoms with Crippen molar-refractivity contribution in [3.8, 4) is 5.69 Å². The van der Waals surface area contributed by atoms with Gasteiger partial charge < -0.3 is 10.1 Å². The molecule has 2 aromatic heterocycles. The largest absolute Gasteiger partial charge is 0.449 e. The number of para-hydroxylation sites is 2. The number of esters is 1. The molecule has 214 valence electrons. The van der Waals surface area contributed by atoms with Gasteiger partial charge in [0.2, 0.25) is 0 Å². The second kappa shape index (κ2) is 11.0. The van der Waals surface area contributed by atoms with Gasteiger partial charge in [0.05, 0.1) is 22.5 Å². The molecule has 1 N–H and O–H groups in total. The summed E-state index contributed by atoms with van der Waals surface area (Å²) in [5.74, 6) is -0.714. The van der Waals surface area contributed by atoms with Crippen LogP contribution in [-0.4, -0.2) is 32.3 Å². The molecule has 1 aliphatic rings. The van der Waals surface area contributed by atoms with E-state index in [1.807, 2.05) is 54.6 Å². The van der Waals surface area contributed by atoms with Crippen molar-refractivity contribution in [1.29, 1.82) is 0 Å². The van der Waals surface area contributed by atoms with Crippen molar-refractivity contribution in [1.82, 2.24) is 14.3 Å². The SMILES string of the molecule is CCC(C)(C)[C@@H]1CCc2nc3ccccc3c(C(=O)O[C@H](C)C(=O)Nc3c(C)n(C)n(-c4ccccc4)c3=O)c2C1. The molecule has 2 atom stereocenters. The summed E-state index contributed by atoms with van der Waals surface area (Å²) in [6.07, 6.45) is 2.47. The number of hydrogen-bond donors (Lipinski definition) is 1. The summed E-state index contributed by atoms with van der Waals surface area (Å²) in [5, 5.41) is 3.44. The van der Waals surface area contributed by atoms with Crippen LogP contribution in [0, 0.1) is 18.3 Å². The minimum atomic E-state index is -1.12. The fourth-order valence-electron chi connectivity index (χ4n) is 5.79. The molecule has 0 bridgehead atoms. The third kappa shape index (κ3) is 5.19. The summed E-state index contributed by atoms with van der Waals surface area (Å²) in [5.41, 5.74) is 4.27. The number of pyridine rings is 1. The highest BCUT2D eigenvalue weighted by molar-refractivity contribution is 6.06. The number of ether oxygens (including phenoxy) is 1. The van der Waals surface area contributed by atoms with Crippen LogP contribution < -0.4 is 10.9 Å². The third-order valence-electron chi connectivity index (χ3n) is 8.94. The van der Waals surface area contributed by atoms with Crippen LogP contribution >= 0.6 is 0 Å². The molecule has 8 heteroatoms. The zero-order chi connectivity index (χ0) is 29.5. The minimum absolute atomic E-state index is 0.123. The average molecular weight is 555 g/mol. The molecule has 1 aliphatic carbocycles. The molecule has 5 rings (SSSR count). The van der Waals surface area contributed by atoms with Crippen LogP contribution in [0.3, 0.4) is 0 Å². The van der Waals surface area contributed by atoms with Crippen molar-refractivity contribution >= 4 is 28.5 Å². The molecule has 0 saturated heterocycles. The van der Waals surface area contributed by atoms with E-state index in [4.69, 9.17) is 9.72 Å². The molecule has 4 aromatic rings.